The number of aryl methyl sites for hydroxylation is 1. The average Bonchev–Trinajstić information content (AvgIpc) is 2.88. The van der Waals surface area contributed by atoms with Crippen LogP contribution in [-0.2, 0) is 35.2 Å². The normalized spacial score (nSPS) is 13.1. The van der Waals surface area contributed by atoms with Gasteiger partial charge >= 0.3 is 18.3 Å². The van der Waals surface area contributed by atoms with Gasteiger partial charge < -0.3 is 10.4 Å². The van der Waals surface area contributed by atoms with E-state index >= 15 is 4.39 Å². The molecule has 3 rings (SSSR count). The van der Waals surface area contributed by atoms with E-state index in [9.17, 15) is 44.3 Å². The first-order valence-corrected chi connectivity index (χ1v) is 13.5. The molecule has 0 fully saturated rings. The van der Waals surface area contributed by atoms with Gasteiger partial charge in [-0.25, -0.2) is 22.6 Å². The summed E-state index contributed by atoms with van der Waals surface area (Å²) >= 11 is 0. The minimum absolute atomic E-state index is 0.0606. The van der Waals surface area contributed by atoms with Gasteiger partial charge in [0.1, 0.15) is 11.9 Å². The van der Waals surface area contributed by atoms with Crippen molar-refractivity contribution in [2.75, 3.05) is 6.26 Å². The van der Waals surface area contributed by atoms with Gasteiger partial charge in [-0.15, -0.1) is 0 Å². The number of sulfone groups is 1. The Balaban J connectivity index is 1.85. The molecule has 15 heteroatoms. The molecule has 0 aliphatic rings. The maximum Gasteiger partial charge on any atom is 0.416 e. The number of alkyl halides is 7. The molecule has 1 aromatic heterocycles. The summed E-state index contributed by atoms with van der Waals surface area (Å²) in [6.45, 7) is -0.408. The highest BCUT2D eigenvalue weighted by molar-refractivity contribution is 7.90. The number of carboxylic acids is 1. The van der Waals surface area contributed by atoms with Crippen LogP contribution in [0.25, 0.3) is 0 Å². The van der Waals surface area contributed by atoms with Crippen molar-refractivity contribution in [3.05, 3.63) is 93.7 Å². The van der Waals surface area contributed by atoms with Crippen molar-refractivity contribution in [1.29, 1.82) is 0 Å². The van der Waals surface area contributed by atoms with Crippen LogP contribution in [0.15, 0.2) is 59.6 Å². The summed E-state index contributed by atoms with van der Waals surface area (Å²) in [5.41, 5.74) is -4.17. The summed E-state index contributed by atoms with van der Waals surface area (Å²) in [5.74, 6) is -2.63. The summed E-state index contributed by atoms with van der Waals surface area (Å²) in [4.78, 5) is 27.4. The molecule has 1 atom stereocenters. The van der Waals surface area contributed by atoms with E-state index < -0.39 is 92.6 Å². The molecule has 0 spiro atoms. The third kappa shape index (κ3) is 8.25. The van der Waals surface area contributed by atoms with E-state index in [1.165, 1.54) is 6.07 Å². The zero-order valence-electron chi connectivity index (χ0n) is 21.0. The standard InChI is InChI=1S/C26H21F7N2O5S/c1-41(39,40)22-12-17(20(27)8-7-15-5-6-16(24(37)38)10-19(15)26(31,32)33)11-21(35-22)23(36)34-13-14-3-2-4-18(9-14)25(28,29)30/h2-6,9-12,20H,7-8,13H2,1H3,(H,34,36)(H,37,38). The lowest BCUT2D eigenvalue weighted by molar-refractivity contribution is -0.138. The molecule has 1 unspecified atom stereocenters. The number of halogens is 7. The third-order valence-electron chi connectivity index (χ3n) is 5.84. The highest BCUT2D eigenvalue weighted by Crippen LogP contribution is 2.35. The molecule has 0 bridgehead atoms. The molecular formula is C26H21F7N2O5S. The van der Waals surface area contributed by atoms with Crippen LogP contribution in [0.3, 0.4) is 0 Å². The number of aromatic nitrogens is 1. The molecule has 0 radical (unpaired) electrons. The highest BCUT2D eigenvalue weighted by atomic mass is 32.2. The number of aromatic carboxylic acids is 1. The van der Waals surface area contributed by atoms with Gasteiger partial charge in [0.15, 0.2) is 14.9 Å². The molecule has 2 aromatic carbocycles. The van der Waals surface area contributed by atoms with Crippen molar-refractivity contribution in [2.45, 2.75) is 42.9 Å². The highest BCUT2D eigenvalue weighted by Gasteiger charge is 2.34. The van der Waals surface area contributed by atoms with Crippen LogP contribution < -0.4 is 5.32 Å². The number of hydrogen-bond acceptors (Lipinski definition) is 5. The first-order chi connectivity index (χ1) is 18.9. The van der Waals surface area contributed by atoms with Crippen molar-refractivity contribution in [2.24, 2.45) is 0 Å². The second-order valence-corrected chi connectivity index (χ2v) is 10.9. The van der Waals surface area contributed by atoms with Crippen molar-refractivity contribution >= 4 is 21.7 Å². The van der Waals surface area contributed by atoms with Crippen molar-refractivity contribution < 1.29 is 53.8 Å². The Bertz CT molecular complexity index is 1570. The fourth-order valence-corrected chi connectivity index (χ4v) is 4.40. The topological polar surface area (TPSA) is 113 Å². The van der Waals surface area contributed by atoms with Crippen LogP contribution in [0.1, 0.15) is 61.3 Å². The number of hydrogen-bond donors (Lipinski definition) is 2. The van der Waals surface area contributed by atoms with E-state index in [1.54, 1.807) is 0 Å². The fraction of sp³-hybridized carbons (Fsp3) is 0.269. The average molecular weight is 607 g/mol. The number of nitrogens with one attached hydrogen (secondary N) is 1. The molecule has 0 aliphatic heterocycles. The number of pyridine rings is 1. The monoisotopic (exact) mass is 606 g/mol. The van der Waals surface area contributed by atoms with E-state index in [1.807, 2.05) is 0 Å². The van der Waals surface area contributed by atoms with Crippen LogP contribution >= 0.6 is 0 Å². The van der Waals surface area contributed by atoms with Gasteiger partial charge in [0.2, 0.25) is 0 Å². The van der Waals surface area contributed by atoms with E-state index in [0.29, 0.717) is 6.07 Å². The predicted octanol–water partition coefficient (Wildman–Crippen LogP) is 5.79. The Labute approximate surface area is 229 Å². The number of benzene rings is 2. The summed E-state index contributed by atoms with van der Waals surface area (Å²) in [7, 11) is -4.10. The van der Waals surface area contributed by atoms with E-state index in [-0.39, 0.29) is 11.1 Å². The molecule has 220 valence electrons. The van der Waals surface area contributed by atoms with E-state index in [2.05, 4.69) is 10.3 Å². The van der Waals surface area contributed by atoms with Crippen LogP contribution in [0.4, 0.5) is 30.7 Å². The molecule has 3 aromatic rings. The van der Waals surface area contributed by atoms with E-state index in [4.69, 9.17) is 5.11 Å². The Kier molecular flexibility index (Phi) is 9.11. The Morgan fingerprint density at radius 2 is 1.66 bits per heavy atom. The molecule has 1 amide bonds. The molecular weight excluding hydrogens is 585 g/mol. The SMILES string of the molecule is CS(=O)(=O)c1cc(C(F)CCc2ccc(C(=O)O)cc2C(F)(F)F)cc(C(=O)NCc2cccc(C(F)(F)F)c2)n1. The van der Waals surface area contributed by atoms with Gasteiger partial charge in [-0.05, 0) is 65.9 Å². The molecule has 0 saturated heterocycles. The summed E-state index contributed by atoms with van der Waals surface area (Å²) < 4.78 is 119. The third-order valence-corrected chi connectivity index (χ3v) is 6.80. The zero-order valence-corrected chi connectivity index (χ0v) is 21.8. The quantitative estimate of drug-likeness (QED) is 0.298. The Morgan fingerprint density at radius 3 is 2.24 bits per heavy atom. The first-order valence-electron chi connectivity index (χ1n) is 11.6. The Morgan fingerprint density at radius 1 is 0.976 bits per heavy atom. The van der Waals surface area contributed by atoms with Gasteiger partial charge in [0, 0.05) is 12.8 Å². The van der Waals surface area contributed by atoms with Gasteiger partial charge in [0.05, 0.1) is 16.7 Å². The molecule has 41 heavy (non-hydrogen) atoms. The number of amides is 1. The smallest absolute Gasteiger partial charge is 0.416 e. The number of nitrogens with zero attached hydrogens (tertiary/aromatic N) is 1. The summed E-state index contributed by atoms with van der Waals surface area (Å²) in [6.07, 6.45) is -12.0. The number of rotatable bonds is 9. The predicted molar refractivity (Wildman–Crippen MR) is 131 cm³/mol. The van der Waals surface area contributed by atoms with Crippen molar-refractivity contribution in [1.82, 2.24) is 10.3 Å². The molecule has 1 heterocycles. The minimum Gasteiger partial charge on any atom is -0.478 e. The van der Waals surface area contributed by atoms with Crippen molar-refractivity contribution in [3.8, 4) is 0 Å². The fourth-order valence-electron chi connectivity index (χ4n) is 3.78. The van der Waals surface area contributed by atoms with E-state index in [0.717, 1.165) is 48.7 Å². The second kappa shape index (κ2) is 11.8. The molecule has 2 N–H and O–H groups in total. The lowest BCUT2D eigenvalue weighted by Crippen LogP contribution is -2.25. The summed E-state index contributed by atoms with van der Waals surface area (Å²) in [6, 6.07) is 8.01. The van der Waals surface area contributed by atoms with Crippen molar-refractivity contribution in [3.63, 3.8) is 0 Å². The first kappa shape index (κ1) is 31.5. The lowest BCUT2D eigenvalue weighted by Gasteiger charge is -2.16. The van der Waals surface area contributed by atoms with Crippen LogP contribution in [-0.4, -0.2) is 36.6 Å². The molecule has 7 nitrogen and oxygen atoms in total. The molecule has 0 saturated carbocycles. The van der Waals surface area contributed by atoms with Crippen LogP contribution in [0, 0.1) is 0 Å². The number of carbonyl (C=O) groups is 2. The maximum atomic E-state index is 15.2. The van der Waals surface area contributed by atoms with Gasteiger partial charge in [0.25, 0.3) is 5.91 Å². The van der Waals surface area contributed by atoms with Gasteiger partial charge in [-0.2, -0.15) is 26.3 Å². The zero-order chi connectivity index (χ0) is 30.8. The van der Waals surface area contributed by atoms with Crippen LogP contribution in [0.2, 0.25) is 0 Å². The Hall–Kier alpha value is -4.01. The van der Waals surface area contributed by atoms with Gasteiger partial charge in [-0.3, -0.25) is 4.79 Å². The number of carbonyl (C=O) groups excluding carboxylic acids is 1. The minimum atomic E-state index is -4.93. The summed E-state index contributed by atoms with van der Waals surface area (Å²) in [5, 5.41) is 10.6. The largest absolute Gasteiger partial charge is 0.478 e. The maximum absolute atomic E-state index is 15.2. The van der Waals surface area contributed by atoms with Gasteiger partial charge in [-0.1, -0.05) is 18.2 Å². The molecule has 0 aliphatic carbocycles. The lowest BCUT2D eigenvalue weighted by atomic mass is 9.96. The van der Waals surface area contributed by atoms with Crippen LogP contribution in [0.5, 0.6) is 0 Å². The second-order valence-electron chi connectivity index (χ2n) is 8.96. The number of carboxylic acid groups (broad SMARTS) is 1.